The molecule has 4 atom stereocenters. The predicted molar refractivity (Wildman–Crippen MR) is 102 cm³/mol. The van der Waals surface area contributed by atoms with Crippen LogP contribution in [0.4, 0.5) is 0 Å². The van der Waals surface area contributed by atoms with Crippen LogP contribution >= 0.6 is 23.1 Å². The Morgan fingerprint density at radius 1 is 1.26 bits per heavy atom. The summed E-state index contributed by atoms with van der Waals surface area (Å²) in [6.45, 7) is 3.46. The van der Waals surface area contributed by atoms with Gasteiger partial charge in [-0.15, -0.1) is 11.8 Å². The molecule has 3 heterocycles. The van der Waals surface area contributed by atoms with Crippen LogP contribution in [-0.2, 0) is 19.2 Å². The summed E-state index contributed by atoms with van der Waals surface area (Å²) in [5.41, 5.74) is 0.349. The molecule has 2 radical (unpaired) electrons. The Morgan fingerprint density at radius 2 is 1.89 bits per heavy atom. The smallest absolute Gasteiger partial charge is 0.327 e. The van der Waals surface area contributed by atoms with Crippen molar-refractivity contribution in [1.82, 2.24) is 10.2 Å². The van der Waals surface area contributed by atoms with Gasteiger partial charge in [0.05, 0.1) is 0 Å². The molecule has 136 valence electrons. The van der Waals surface area contributed by atoms with Crippen molar-refractivity contribution in [3.8, 4) is 0 Å². The molecule has 3 N–H and O–H groups in total. The molecule has 2 amide bonds. The molecule has 2 aliphatic heterocycles. The van der Waals surface area contributed by atoms with E-state index in [2.05, 4.69) is 5.32 Å². The fraction of sp³-hybridized carbons (Fsp3) is 0.467. The van der Waals surface area contributed by atoms with Gasteiger partial charge < -0.3 is 20.4 Å². The Morgan fingerprint density at radius 3 is 2.37 bits per heavy atom. The number of carboxylic acid groups (broad SMARTS) is 2. The van der Waals surface area contributed by atoms with Crippen molar-refractivity contribution in [3.05, 3.63) is 22.4 Å². The molecule has 3 rings (SSSR count). The minimum atomic E-state index is -1.40. The van der Waals surface area contributed by atoms with E-state index in [0.29, 0.717) is 5.56 Å². The third kappa shape index (κ3) is 4.42. The first kappa shape index (κ1) is 25.0. The van der Waals surface area contributed by atoms with Crippen LogP contribution in [-0.4, -0.2) is 120 Å². The first-order valence-electron chi connectivity index (χ1n) is 7.43. The van der Waals surface area contributed by atoms with Gasteiger partial charge in [-0.05, 0) is 36.2 Å². The summed E-state index contributed by atoms with van der Waals surface area (Å²) >= 11 is 2.56. The maximum absolute atomic E-state index is 12.4. The number of thioether (sulfide) groups is 1. The third-order valence-electron chi connectivity index (χ3n) is 4.36. The van der Waals surface area contributed by atoms with Crippen LogP contribution in [0.1, 0.15) is 25.3 Å². The molecule has 0 bridgehead atoms. The second-order valence-corrected chi connectivity index (χ2v) is 8.96. The van der Waals surface area contributed by atoms with E-state index in [0.717, 1.165) is 0 Å². The van der Waals surface area contributed by atoms with Crippen molar-refractivity contribution < 1.29 is 29.4 Å². The minimum absolute atomic E-state index is 0. The summed E-state index contributed by atoms with van der Waals surface area (Å²) in [6.07, 6.45) is 0. The zero-order chi connectivity index (χ0) is 18.5. The van der Waals surface area contributed by atoms with E-state index < -0.39 is 51.9 Å². The number of carbonyl (C=O) groups excluding carboxylic acids is 2. The summed E-state index contributed by atoms with van der Waals surface area (Å²) in [4.78, 5) is 48.9. The van der Waals surface area contributed by atoms with E-state index in [-0.39, 0.29) is 59.1 Å². The van der Waals surface area contributed by atoms with E-state index in [9.17, 15) is 29.4 Å². The molecular formula is C15H16N2Na2O6S2. The van der Waals surface area contributed by atoms with Crippen molar-refractivity contribution >= 4 is 106 Å². The van der Waals surface area contributed by atoms with Crippen molar-refractivity contribution in [1.29, 1.82) is 0 Å². The Labute approximate surface area is 208 Å². The van der Waals surface area contributed by atoms with Gasteiger partial charge in [0.25, 0.3) is 0 Å². The van der Waals surface area contributed by atoms with Gasteiger partial charge in [-0.1, -0.05) is 0 Å². The molecule has 1 aromatic heterocycles. The molecule has 1 aromatic rings. The number of rotatable bonds is 5. The number of fused-ring (bicyclic) bond motifs is 1. The van der Waals surface area contributed by atoms with Crippen molar-refractivity contribution in [3.63, 3.8) is 0 Å². The number of aliphatic carboxylic acids is 2. The Bertz CT molecular complexity index is 757. The monoisotopic (exact) mass is 430 g/mol. The number of β-lactam (4-membered cyclic amide) rings is 1. The van der Waals surface area contributed by atoms with Crippen LogP contribution in [0.3, 0.4) is 0 Å². The second-order valence-electron chi connectivity index (χ2n) is 6.41. The van der Waals surface area contributed by atoms with E-state index in [1.807, 2.05) is 0 Å². The summed E-state index contributed by atoms with van der Waals surface area (Å²) in [5.74, 6) is -5.08. The van der Waals surface area contributed by atoms with Crippen LogP contribution in [0.15, 0.2) is 16.8 Å². The predicted octanol–water partition coefficient (Wildman–Crippen LogP) is -0.214. The standard InChI is InChI=1S/C15H16N2O6S2.2Na/c1-15(2)9(14(22)23)17-11(19)8(12(17)25-15)16-10(18)7(13(20)21)6-3-4-24-5-6;;/h3-5,7-9,12H,1-2H3,(H,16,18)(H,20,21)(H,22,23);;. The van der Waals surface area contributed by atoms with Crippen LogP contribution < -0.4 is 5.32 Å². The second kappa shape index (κ2) is 9.17. The van der Waals surface area contributed by atoms with Crippen molar-refractivity contribution in [2.45, 2.75) is 42.0 Å². The first-order valence-corrected chi connectivity index (χ1v) is 9.25. The van der Waals surface area contributed by atoms with Crippen molar-refractivity contribution in [2.75, 3.05) is 0 Å². The summed E-state index contributed by atoms with van der Waals surface area (Å²) in [6, 6.07) is -0.344. The molecule has 8 nitrogen and oxygen atoms in total. The fourth-order valence-electron chi connectivity index (χ4n) is 3.23. The molecule has 0 saturated carbocycles. The number of carbonyl (C=O) groups is 4. The van der Waals surface area contributed by atoms with Crippen LogP contribution in [0.2, 0.25) is 0 Å². The summed E-state index contributed by atoms with van der Waals surface area (Å²) < 4.78 is -0.703. The molecule has 27 heavy (non-hydrogen) atoms. The molecule has 0 aromatic carbocycles. The Hall–Kier alpha value is -0.0700. The first-order chi connectivity index (χ1) is 11.6. The SMILES string of the molecule is CC1(C)SC2C(NC(=O)C(C(=O)O)c3ccsc3)C(=O)N2C1C(=O)O.[Na].[Na]. The van der Waals surface area contributed by atoms with Crippen LogP contribution in [0.25, 0.3) is 0 Å². The Kier molecular flexibility index (Phi) is 8.48. The van der Waals surface area contributed by atoms with Crippen LogP contribution in [0, 0.1) is 0 Å². The van der Waals surface area contributed by atoms with E-state index in [1.165, 1.54) is 28.0 Å². The van der Waals surface area contributed by atoms with Gasteiger partial charge in [0.1, 0.15) is 17.5 Å². The van der Waals surface area contributed by atoms with Gasteiger partial charge in [-0.3, -0.25) is 14.4 Å². The largest absolute Gasteiger partial charge is 0.480 e. The number of nitrogens with zero attached hydrogens (tertiary/aromatic N) is 1. The van der Waals surface area contributed by atoms with Crippen LogP contribution in [0.5, 0.6) is 0 Å². The summed E-state index contributed by atoms with van der Waals surface area (Å²) in [5, 5.41) is 23.9. The van der Waals surface area contributed by atoms with Gasteiger partial charge >= 0.3 is 11.9 Å². The van der Waals surface area contributed by atoms with Gasteiger partial charge in [0.2, 0.25) is 11.8 Å². The molecular weight excluding hydrogens is 414 g/mol. The number of nitrogens with one attached hydrogen (secondary N) is 1. The van der Waals surface area contributed by atoms with Gasteiger partial charge in [0, 0.05) is 63.9 Å². The number of carboxylic acids is 2. The normalized spacial score (nSPS) is 25.9. The maximum Gasteiger partial charge on any atom is 0.327 e. The van der Waals surface area contributed by atoms with Crippen molar-refractivity contribution in [2.24, 2.45) is 0 Å². The number of thiophene rings is 1. The molecule has 12 heteroatoms. The molecule has 2 fully saturated rings. The quantitative estimate of drug-likeness (QED) is 0.335. The average Bonchev–Trinajstić information content (AvgIpc) is 3.09. The zero-order valence-electron chi connectivity index (χ0n) is 15.3. The fourth-order valence-corrected chi connectivity index (χ4v) is 5.54. The molecule has 4 unspecified atom stereocenters. The molecule has 0 spiro atoms. The third-order valence-corrected chi connectivity index (χ3v) is 6.63. The van der Waals surface area contributed by atoms with Gasteiger partial charge in [0.15, 0.2) is 5.92 Å². The number of hydrogen-bond donors (Lipinski definition) is 3. The van der Waals surface area contributed by atoms with Gasteiger partial charge in [-0.2, -0.15) is 11.3 Å². The van der Waals surface area contributed by atoms with E-state index in [4.69, 9.17) is 0 Å². The number of hydrogen-bond acceptors (Lipinski definition) is 6. The molecule has 2 saturated heterocycles. The topological polar surface area (TPSA) is 124 Å². The minimum Gasteiger partial charge on any atom is -0.480 e. The molecule has 2 aliphatic rings. The number of amides is 2. The maximum atomic E-state index is 12.4. The zero-order valence-corrected chi connectivity index (χ0v) is 21.0. The Balaban J connectivity index is 0.00000182. The van der Waals surface area contributed by atoms with Gasteiger partial charge in [-0.25, -0.2) is 4.79 Å². The molecule has 0 aliphatic carbocycles. The van der Waals surface area contributed by atoms with E-state index >= 15 is 0 Å². The van der Waals surface area contributed by atoms with E-state index in [1.54, 1.807) is 30.7 Å². The summed E-state index contributed by atoms with van der Waals surface area (Å²) in [7, 11) is 0. The average molecular weight is 430 g/mol.